The first kappa shape index (κ1) is 20.4. The van der Waals surface area contributed by atoms with E-state index >= 15 is 0 Å². The molecule has 0 amide bonds. The van der Waals surface area contributed by atoms with E-state index in [9.17, 15) is 5.11 Å². The monoisotopic (exact) mass is 409 g/mol. The van der Waals surface area contributed by atoms with Gasteiger partial charge in [-0.1, -0.05) is 41.4 Å². The van der Waals surface area contributed by atoms with Crippen LogP contribution in [0, 0.1) is 0 Å². The first-order chi connectivity index (χ1) is 13.0. The molecule has 1 fully saturated rings. The highest BCUT2D eigenvalue weighted by atomic mass is 35.5. The van der Waals surface area contributed by atoms with Crippen molar-refractivity contribution in [3.05, 3.63) is 63.6 Å². The van der Waals surface area contributed by atoms with E-state index in [-0.39, 0.29) is 0 Å². The van der Waals surface area contributed by atoms with Gasteiger partial charge in [0.25, 0.3) is 0 Å². The van der Waals surface area contributed by atoms with Gasteiger partial charge in [-0.05, 0) is 48.2 Å². The molecule has 1 unspecified atom stereocenters. The molecule has 0 radical (unpaired) electrons. The number of hydrogen-bond acceptors (Lipinski definition) is 4. The molecular weight excluding hydrogens is 385 g/mol. The van der Waals surface area contributed by atoms with Crippen molar-refractivity contribution >= 4 is 23.2 Å². The lowest BCUT2D eigenvalue weighted by Crippen LogP contribution is -2.36. The minimum absolute atomic E-state index is 0.293. The molecule has 2 aromatic rings. The van der Waals surface area contributed by atoms with Gasteiger partial charge >= 0.3 is 0 Å². The van der Waals surface area contributed by atoms with E-state index in [4.69, 9.17) is 32.7 Å². The number of methoxy groups -OCH3 is 1. The largest absolute Gasteiger partial charge is 0.497 e. The van der Waals surface area contributed by atoms with Crippen LogP contribution in [0.2, 0.25) is 10.0 Å². The summed E-state index contributed by atoms with van der Waals surface area (Å²) in [7, 11) is 1.64. The number of aliphatic hydroxyl groups is 1. The van der Waals surface area contributed by atoms with Gasteiger partial charge in [0.2, 0.25) is 0 Å². The number of benzene rings is 2. The Morgan fingerprint density at radius 2 is 1.93 bits per heavy atom. The first-order valence-corrected chi connectivity index (χ1v) is 9.87. The summed E-state index contributed by atoms with van der Waals surface area (Å²) in [5.41, 5.74) is 2.12. The molecule has 0 bridgehead atoms. The van der Waals surface area contributed by atoms with Gasteiger partial charge in [0.15, 0.2) is 0 Å². The topological polar surface area (TPSA) is 41.9 Å². The molecule has 3 rings (SSSR count). The average molecular weight is 410 g/mol. The van der Waals surface area contributed by atoms with E-state index in [1.807, 2.05) is 42.5 Å². The van der Waals surface area contributed by atoms with Gasteiger partial charge in [0, 0.05) is 19.1 Å². The van der Waals surface area contributed by atoms with Crippen molar-refractivity contribution in [1.29, 1.82) is 0 Å². The zero-order valence-electron chi connectivity index (χ0n) is 15.4. The van der Waals surface area contributed by atoms with E-state index in [1.54, 1.807) is 7.11 Å². The smallest absolute Gasteiger partial charge is 0.119 e. The Balaban J connectivity index is 1.48. The maximum absolute atomic E-state index is 10.4. The summed E-state index contributed by atoms with van der Waals surface area (Å²) < 4.78 is 10.9. The minimum Gasteiger partial charge on any atom is -0.497 e. The number of aliphatic hydroxyl groups excluding tert-OH is 1. The van der Waals surface area contributed by atoms with E-state index in [2.05, 4.69) is 4.90 Å². The van der Waals surface area contributed by atoms with Crippen molar-refractivity contribution in [2.75, 3.05) is 20.3 Å². The van der Waals surface area contributed by atoms with Gasteiger partial charge in [-0.25, -0.2) is 0 Å². The Bertz CT molecular complexity index is 752. The normalized spacial score (nSPS) is 15.1. The number of rotatable bonds is 10. The lowest BCUT2D eigenvalue weighted by atomic mass is 10.2. The van der Waals surface area contributed by atoms with Crippen molar-refractivity contribution in [2.45, 2.75) is 38.1 Å². The van der Waals surface area contributed by atoms with Crippen LogP contribution in [0.4, 0.5) is 0 Å². The van der Waals surface area contributed by atoms with Crippen LogP contribution in [0.1, 0.15) is 24.0 Å². The van der Waals surface area contributed by atoms with Crippen LogP contribution in [-0.2, 0) is 17.9 Å². The van der Waals surface area contributed by atoms with E-state index in [0.717, 1.165) is 23.4 Å². The summed E-state index contributed by atoms with van der Waals surface area (Å²) in [5.74, 6) is 0.804. The predicted octanol–water partition coefficient (Wildman–Crippen LogP) is 4.54. The zero-order valence-corrected chi connectivity index (χ0v) is 16.9. The second-order valence-corrected chi connectivity index (χ2v) is 7.74. The third kappa shape index (κ3) is 6.37. The summed E-state index contributed by atoms with van der Waals surface area (Å²) in [4.78, 5) is 2.29. The highest BCUT2D eigenvalue weighted by Crippen LogP contribution is 2.30. The maximum Gasteiger partial charge on any atom is 0.119 e. The average Bonchev–Trinajstić information content (AvgIpc) is 3.49. The van der Waals surface area contributed by atoms with Gasteiger partial charge in [-0.15, -0.1) is 0 Å². The van der Waals surface area contributed by atoms with Crippen molar-refractivity contribution in [3.8, 4) is 5.75 Å². The molecule has 1 saturated carbocycles. The van der Waals surface area contributed by atoms with Crippen LogP contribution < -0.4 is 4.74 Å². The van der Waals surface area contributed by atoms with Crippen molar-refractivity contribution in [2.24, 2.45) is 0 Å². The summed E-state index contributed by atoms with van der Waals surface area (Å²) in [5, 5.41) is 11.5. The molecule has 2 aromatic carbocycles. The SMILES string of the molecule is COc1cccc(COCC(O)CN(Cc2ccc(Cl)c(Cl)c2)C2CC2)c1. The van der Waals surface area contributed by atoms with Gasteiger partial charge in [0.05, 0.1) is 36.5 Å². The quantitative estimate of drug-likeness (QED) is 0.624. The molecule has 1 aliphatic rings. The summed E-state index contributed by atoms with van der Waals surface area (Å²) in [6.45, 7) is 2.06. The zero-order chi connectivity index (χ0) is 19.2. The van der Waals surface area contributed by atoms with Crippen LogP contribution in [0.15, 0.2) is 42.5 Å². The van der Waals surface area contributed by atoms with E-state index in [0.29, 0.717) is 35.8 Å². The van der Waals surface area contributed by atoms with E-state index < -0.39 is 6.10 Å². The number of nitrogens with zero attached hydrogens (tertiary/aromatic N) is 1. The molecule has 27 heavy (non-hydrogen) atoms. The Morgan fingerprint density at radius 1 is 1.11 bits per heavy atom. The highest BCUT2D eigenvalue weighted by molar-refractivity contribution is 6.42. The fraction of sp³-hybridized carbons (Fsp3) is 0.429. The summed E-state index contributed by atoms with van der Waals surface area (Å²) >= 11 is 12.1. The van der Waals surface area contributed by atoms with Gasteiger partial charge in [-0.2, -0.15) is 0 Å². The molecule has 0 spiro atoms. The number of halogens is 2. The van der Waals surface area contributed by atoms with Crippen molar-refractivity contribution < 1.29 is 14.6 Å². The predicted molar refractivity (Wildman–Crippen MR) is 109 cm³/mol. The molecule has 146 valence electrons. The lowest BCUT2D eigenvalue weighted by molar-refractivity contribution is 0.00702. The van der Waals surface area contributed by atoms with Gasteiger partial charge in [0.1, 0.15) is 5.75 Å². The Labute approximate surface area is 170 Å². The molecule has 0 saturated heterocycles. The highest BCUT2D eigenvalue weighted by Gasteiger charge is 2.30. The van der Waals surface area contributed by atoms with Crippen LogP contribution in [0.25, 0.3) is 0 Å². The Morgan fingerprint density at radius 3 is 2.63 bits per heavy atom. The Hall–Kier alpha value is -1.30. The number of ether oxygens (including phenoxy) is 2. The van der Waals surface area contributed by atoms with Crippen LogP contribution >= 0.6 is 23.2 Å². The van der Waals surface area contributed by atoms with E-state index in [1.165, 1.54) is 12.8 Å². The molecule has 6 heteroatoms. The molecule has 1 aliphatic carbocycles. The minimum atomic E-state index is -0.543. The van der Waals surface area contributed by atoms with Crippen LogP contribution in [0.5, 0.6) is 5.75 Å². The molecule has 1 N–H and O–H groups in total. The number of hydrogen-bond donors (Lipinski definition) is 1. The van der Waals surface area contributed by atoms with Crippen molar-refractivity contribution in [1.82, 2.24) is 4.90 Å². The van der Waals surface area contributed by atoms with Gasteiger partial charge < -0.3 is 14.6 Å². The third-order valence-corrected chi connectivity index (χ3v) is 5.33. The molecular formula is C21H25Cl2NO3. The van der Waals surface area contributed by atoms with Crippen LogP contribution in [0.3, 0.4) is 0 Å². The molecule has 0 aromatic heterocycles. The lowest BCUT2D eigenvalue weighted by Gasteiger charge is -2.25. The third-order valence-electron chi connectivity index (χ3n) is 4.59. The Kier molecular flexibility index (Phi) is 7.39. The maximum atomic E-state index is 10.4. The molecule has 0 heterocycles. The van der Waals surface area contributed by atoms with Crippen molar-refractivity contribution in [3.63, 3.8) is 0 Å². The first-order valence-electron chi connectivity index (χ1n) is 9.12. The van der Waals surface area contributed by atoms with Crippen LogP contribution in [-0.4, -0.2) is 42.4 Å². The fourth-order valence-corrected chi connectivity index (χ4v) is 3.37. The summed E-state index contributed by atoms with van der Waals surface area (Å²) in [6, 6.07) is 14.0. The molecule has 0 aliphatic heterocycles. The molecule has 1 atom stereocenters. The second-order valence-electron chi connectivity index (χ2n) is 6.93. The van der Waals surface area contributed by atoms with Gasteiger partial charge in [-0.3, -0.25) is 4.90 Å². The summed E-state index contributed by atoms with van der Waals surface area (Å²) in [6.07, 6.45) is 1.79. The standard InChI is InChI=1S/C21H25Cl2NO3/c1-26-19-4-2-3-16(9-19)13-27-14-18(25)12-24(17-6-7-17)11-15-5-8-20(22)21(23)10-15/h2-5,8-10,17-18,25H,6-7,11-14H2,1H3. The molecule has 4 nitrogen and oxygen atoms in total. The second kappa shape index (κ2) is 9.76. The fourth-order valence-electron chi connectivity index (χ4n) is 3.05.